The van der Waals surface area contributed by atoms with E-state index in [4.69, 9.17) is 4.74 Å². The molecule has 0 bridgehead atoms. The zero-order valence-electron chi connectivity index (χ0n) is 25.6. The molecule has 0 aliphatic heterocycles. The summed E-state index contributed by atoms with van der Waals surface area (Å²) in [7, 11) is 5.00. The van der Waals surface area contributed by atoms with Gasteiger partial charge in [-0.3, -0.25) is 24.0 Å². The van der Waals surface area contributed by atoms with Crippen LogP contribution in [0.5, 0.6) is 0 Å². The first-order valence-corrected chi connectivity index (χ1v) is 14.3. The van der Waals surface area contributed by atoms with Crippen molar-refractivity contribution in [2.45, 2.75) is 73.1 Å². The lowest BCUT2D eigenvalue weighted by Crippen LogP contribution is -2.36. The summed E-state index contributed by atoms with van der Waals surface area (Å²) in [5.41, 5.74) is 2.26. The Morgan fingerprint density at radius 2 is 1.62 bits per heavy atom. The highest BCUT2D eigenvalue weighted by Gasteiger charge is 2.18. The molecule has 1 aromatic rings. The number of nitrogens with zero attached hydrogens (tertiary/aromatic N) is 2. The third-order valence-electron chi connectivity index (χ3n) is 6.92. The molecule has 0 aromatic heterocycles. The summed E-state index contributed by atoms with van der Waals surface area (Å²) in [6.45, 7) is 7.00. The first-order chi connectivity index (χ1) is 19.4. The van der Waals surface area contributed by atoms with Gasteiger partial charge in [-0.2, -0.15) is 0 Å². The number of nitrogens with one attached hydrogen (secondary N) is 2. The average molecular weight is 589 g/mol. The number of benzene rings is 1. The van der Waals surface area contributed by atoms with Gasteiger partial charge >= 0.3 is 0 Å². The second-order valence-electron chi connectivity index (χ2n) is 10.4. The van der Waals surface area contributed by atoms with Crippen molar-refractivity contribution in [3.8, 4) is 0 Å². The number of ether oxygens (including phenoxy) is 1. The van der Waals surface area contributed by atoms with Crippen LogP contribution >= 0.6 is 0 Å². The van der Waals surface area contributed by atoms with Crippen molar-refractivity contribution in [2.75, 3.05) is 52.3 Å². The predicted molar refractivity (Wildman–Crippen MR) is 167 cm³/mol. The number of ketones is 2. The van der Waals surface area contributed by atoms with Gasteiger partial charge < -0.3 is 25.2 Å². The zero-order valence-corrected chi connectivity index (χ0v) is 25.6. The van der Waals surface area contributed by atoms with Crippen LogP contribution in [0, 0.1) is 5.92 Å². The molecular formula is C32H52N4O6. The third kappa shape index (κ3) is 16.0. The Balaban J connectivity index is 0.0000168. The van der Waals surface area contributed by atoms with Crippen molar-refractivity contribution < 1.29 is 28.7 Å². The van der Waals surface area contributed by atoms with Crippen LogP contribution in [0.1, 0.15) is 72.3 Å². The van der Waals surface area contributed by atoms with E-state index in [9.17, 15) is 24.0 Å². The molecule has 2 N–H and O–H groups in total. The number of hydrogen-bond donors (Lipinski definition) is 2. The summed E-state index contributed by atoms with van der Waals surface area (Å²) < 4.78 is 5.55. The van der Waals surface area contributed by atoms with E-state index in [0.29, 0.717) is 44.8 Å². The molecule has 0 heterocycles. The topological polar surface area (TPSA) is 125 Å². The molecule has 0 aliphatic carbocycles. The fourth-order valence-electron chi connectivity index (χ4n) is 3.79. The largest absolute Gasteiger partial charge is 0.392 e. The normalized spacial score (nSPS) is 11.6. The van der Waals surface area contributed by atoms with Crippen molar-refractivity contribution in [1.29, 1.82) is 0 Å². The van der Waals surface area contributed by atoms with Crippen LogP contribution in [0.25, 0.3) is 0 Å². The summed E-state index contributed by atoms with van der Waals surface area (Å²) in [6, 6.07) is 7.12. The molecule has 0 saturated heterocycles. The Morgan fingerprint density at radius 1 is 0.952 bits per heavy atom. The highest BCUT2D eigenvalue weighted by atomic mass is 16.5. The number of carbonyl (C=O) groups is 5. The van der Waals surface area contributed by atoms with Crippen LogP contribution < -0.4 is 15.5 Å². The van der Waals surface area contributed by atoms with Gasteiger partial charge in [-0.05, 0) is 50.8 Å². The maximum absolute atomic E-state index is 12.6. The van der Waals surface area contributed by atoms with E-state index in [0.717, 1.165) is 30.5 Å². The maximum atomic E-state index is 12.6. The molecule has 10 nitrogen and oxygen atoms in total. The SMILES string of the molecule is C.CN/C(C)=C\C(=O)Cc1ccc(N(C)C(=O)CC(=O)N(C)CCOCCCC(=O)NCCCCC(C)C(C)=O)cc1. The minimum absolute atomic E-state index is 0. The first kappa shape index (κ1) is 38.5. The van der Waals surface area contributed by atoms with Crippen LogP contribution in [0.2, 0.25) is 0 Å². The standard InChI is InChI=1S/C31H48N4O6.CH4/c1-23(25(3)36)10-7-8-16-33-29(38)11-9-18-41-19-17-34(5)30(39)22-31(40)35(6)27-14-12-26(13-15-27)21-28(37)20-24(2)32-4;/h12-15,20,23,32H,7-11,16-19,21-22H2,1-6H3,(H,33,38);1H4/b24-20-;. The van der Waals surface area contributed by atoms with Gasteiger partial charge in [0.25, 0.3) is 0 Å². The van der Waals surface area contributed by atoms with E-state index in [1.807, 2.05) is 13.8 Å². The fourth-order valence-corrected chi connectivity index (χ4v) is 3.79. The van der Waals surface area contributed by atoms with Gasteiger partial charge in [0.2, 0.25) is 17.7 Å². The Labute approximate surface area is 252 Å². The molecular weight excluding hydrogens is 536 g/mol. The molecule has 0 saturated carbocycles. The highest BCUT2D eigenvalue weighted by Crippen LogP contribution is 2.16. The quantitative estimate of drug-likeness (QED) is 0.135. The van der Waals surface area contributed by atoms with Gasteiger partial charge in [0, 0.05) is 77.1 Å². The molecule has 3 amide bonds. The summed E-state index contributed by atoms with van der Waals surface area (Å²) in [5.74, 6) is -0.416. The van der Waals surface area contributed by atoms with Crippen molar-refractivity contribution in [1.82, 2.24) is 15.5 Å². The van der Waals surface area contributed by atoms with E-state index >= 15 is 0 Å². The molecule has 1 aromatic carbocycles. The molecule has 1 atom stereocenters. The lowest BCUT2D eigenvalue weighted by atomic mass is 10.0. The predicted octanol–water partition coefficient (Wildman–Crippen LogP) is 3.68. The molecule has 0 aliphatic rings. The van der Waals surface area contributed by atoms with E-state index < -0.39 is 0 Å². The Bertz CT molecular complexity index is 1040. The number of anilines is 1. The highest BCUT2D eigenvalue weighted by molar-refractivity contribution is 6.04. The van der Waals surface area contributed by atoms with Crippen molar-refractivity contribution >= 4 is 35.0 Å². The van der Waals surface area contributed by atoms with Gasteiger partial charge in [0.1, 0.15) is 12.2 Å². The van der Waals surface area contributed by atoms with E-state index in [1.165, 1.54) is 9.80 Å². The molecule has 236 valence electrons. The third-order valence-corrected chi connectivity index (χ3v) is 6.92. The molecule has 0 spiro atoms. The van der Waals surface area contributed by atoms with Crippen LogP contribution in [-0.2, 0) is 35.1 Å². The second kappa shape index (κ2) is 21.2. The minimum Gasteiger partial charge on any atom is -0.392 e. The molecule has 1 rings (SSSR count). The number of Topliss-reactive ketones (excluding diaryl/α,β-unsaturated/α-hetero) is 1. The smallest absolute Gasteiger partial charge is 0.236 e. The van der Waals surface area contributed by atoms with Crippen molar-refractivity contribution in [3.05, 3.63) is 41.6 Å². The summed E-state index contributed by atoms with van der Waals surface area (Å²) >= 11 is 0. The summed E-state index contributed by atoms with van der Waals surface area (Å²) in [6.07, 6.45) is 5.09. The number of likely N-dealkylation sites (N-methyl/N-ethyl adjacent to an activating group) is 1. The fraction of sp³-hybridized carbons (Fsp3) is 0.594. The molecule has 1 unspecified atom stereocenters. The number of amides is 3. The molecule has 42 heavy (non-hydrogen) atoms. The van der Waals surface area contributed by atoms with Gasteiger partial charge in [0.15, 0.2) is 5.78 Å². The summed E-state index contributed by atoms with van der Waals surface area (Å²) in [5, 5.41) is 5.80. The van der Waals surface area contributed by atoms with Gasteiger partial charge in [-0.15, -0.1) is 0 Å². The monoisotopic (exact) mass is 588 g/mol. The average Bonchev–Trinajstić information content (AvgIpc) is 2.93. The lowest BCUT2D eigenvalue weighted by molar-refractivity contribution is -0.134. The van der Waals surface area contributed by atoms with E-state index in [2.05, 4.69) is 10.6 Å². The Kier molecular flexibility index (Phi) is 19.4. The van der Waals surface area contributed by atoms with Crippen LogP contribution in [-0.4, -0.2) is 81.6 Å². The molecule has 0 fully saturated rings. The molecule has 0 radical (unpaired) electrons. The number of hydrogen-bond acceptors (Lipinski definition) is 7. The van der Waals surface area contributed by atoms with E-state index in [-0.39, 0.29) is 55.5 Å². The second-order valence-corrected chi connectivity index (χ2v) is 10.4. The van der Waals surface area contributed by atoms with Crippen molar-refractivity contribution in [2.24, 2.45) is 5.92 Å². The lowest BCUT2D eigenvalue weighted by Gasteiger charge is -2.21. The maximum Gasteiger partial charge on any atom is 0.236 e. The first-order valence-electron chi connectivity index (χ1n) is 14.3. The Hall–Kier alpha value is -3.53. The minimum atomic E-state index is -0.335. The van der Waals surface area contributed by atoms with E-state index in [1.54, 1.807) is 58.4 Å². The van der Waals surface area contributed by atoms with Gasteiger partial charge in [-0.1, -0.05) is 32.9 Å². The van der Waals surface area contributed by atoms with Crippen LogP contribution in [0.4, 0.5) is 5.69 Å². The Morgan fingerprint density at radius 3 is 2.24 bits per heavy atom. The number of rotatable bonds is 20. The number of allylic oxidation sites excluding steroid dienone is 2. The van der Waals surface area contributed by atoms with Crippen LogP contribution in [0.3, 0.4) is 0 Å². The number of unbranched alkanes of at least 4 members (excludes halogenated alkanes) is 1. The van der Waals surface area contributed by atoms with Crippen LogP contribution in [0.15, 0.2) is 36.0 Å². The van der Waals surface area contributed by atoms with Gasteiger partial charge in [-0.25, -0.2) is 0 Å². The zero-order chi connectivity index (χ0) is 30.8. The number of carbonyl (C=O) groups excluding carboxylic acids is 5. The summed E-state index contributed by atoms with van der Waals surface area (Å²) in [4.78, 5) is 63.3. The van der Waals surface area contributed by atoms with Gasteiger partial charge in [0.05, 0.1) is 6.61 Å². The molecule has 10 heteroatoms. The van der Waals surface area contributed by atoms with Crippen molar-refractivity contribution in [3.63, 3.8) is 0 Å².